The molecule has 1 amide bonds. The number of amides is 1. The number of halogens is 1. The number of carbonyl (C=O) groups excluding carboxylic acids is 1. The summed E-state index contributed by atoms with van der Waals surface area (Å²) in [6, 6.07) is 0. The average Bonchev–Trinajstić information content (AvgIpc) is 1.85. The van der Waals surface area contributed by atoms with Gasteiger partial charge >= 0.3 is 5.37 Å². The molecule has 0 saturated carbocycles. The van der Waals surface area contributed by atoms with Crippen molar-refractivity contribution in [2.45, 2.75) is 20.3 Å². The van der Waals surface area contributed by atoms with Gasteiger partial charge in [0.1, 0.15) is 0 Å². The van der Waals surface area contributed by atoms with Gasteiger partial charge in [0.15, 0.2) is 0 Å². The van der Waals surface area contributed by atoms with Crippen LogP contribution in [0.1, 0.15) is 20.3 Å². The predicted octanol–water partition coefficient (Wildman–Crippen LogP) is 2.32. The molecule has 0 aromatic carbocycles. The lowest BCUT2D eigenvalue weighted by Crippen LogP contribution is -2.39. The maximum Gasteiger partial charge on any atom is 0.316 e. The van der Waals surface area contributed by atoms with E-state index in [1.807, 2.05) is 0 Å². The first-order chi connectivity index (χ1) is 5.09. The third-order valence-corrected chi connectivity index (χ3v) is 2.36. The van der Waals surface area contributed by atoms with E-state index in [0.29, 0.717) is 11.8 Å². The number of piperidine rings is 1. The standard InChI is InChI=1S/C8H14ClNO/c1-6-3-7(2)5-10(4-6)8(9)11/h6-7H,3-5H2,1-2H3/t6-,7?/m0/s1. The van der Waals surface area contributed by atoms with Crippen LogP contribution in [-0.4, -0.2) is 23.4 Å². The smallest absolute Gasteiger partial charge is 0.316 e. The number of likely N-dealkylation sites (tertiary alicyclic amines) is 1. The van der Waals surface area contributed by atoms with Crippen molar-refractivity contribution in [2.24, 2.45) is 11.8 Å². The van der Waals surface area contributed by atoms with Gasteiger partial charge in [0.05, 0.1) is 0 Å². The molecular weight excluding hydrogens is 162 g/mol. The second kappa shape index (κ2) is 3.44. The largest absolute Gasteiger partial charge is 0.329 e. The van der Waals surface area contributed by atoms with E-state index in [1.54, 1.807) is 4.90 Å². The molecule has 0 radical (unpaired) electrons. The Morgan fingerprint density at radius 3 is 2.18 bits per heavy atom. The summed E-state index contributed by atoms with van der Waals surface area (Å²) in [6.07, 6.45) is 1.21. The molecule has 1 rings (SSSR count). The van der Waals surface area contributed by atoms with Crippen molar-refractivity contribution in [1.29, 1.82) is 0 Å². The maximum atomic E-state index is 10.8. The lowest BCUT2D eigenvalue weighted by molar-refractivity contribution is 0.164. The van der Waals surface area contributed by atoms with E-state index < -0.39 is 0 Å². The number of carbonyl (C=O) groups is 1. The highest BCUT2D eigenvalue weighted by molar-refractivity contribution is 6.62. The van der Waals surface area contributed by atoms with Gasteiger partial charge in [-0.3, -0.25) is 4.79 Å². The van der Waals surface area contributed by atoms with Gasteiger partial charge in [-0.25, -0.2) is 0 Å². The topological polar surface area (TPSA) is 20.3 Å². The lowest BCUT2D eigenvalue weighted by atomic mass is 9.92. The van der Waals surface area contributed by atoms with Gasteiger partial charge in [-0.15, -0.1) is 0 Å². The van der Waals surface area contributed by atoms with Crippen molar-refractivity contribution in [2.75, 3.05) is 13.1 Å². The highest BCUT2D eigenvalue weighted by Crippen LogP contribution is 2.21. The Kier molecular flexibility index (Phi) is 2.77. The van der Waals surface area contributed by atoms with E-state index >= 15 is 0 Å². The quantitative estimate of drug-likeness (QED) is 0.409. The predicted molar refractivity (Wildman–Crippen MR) is 45.8 cm³/mol. The Balaban J connectivity index is 2.49. The summed E-state index contributed by atoms with van der Waals surface area (Å²) < 4.78 is 0. The molecule has 0 aromatic rings. The highest BCUT2D eigenvalue weighted by Gasteiger charge is 2.23. The van der Waals surface area contributed by atoms with Crippen LogP contribution in [0.3, 0.4) is 0 Å². The molecule has 1 aliphatic heterocycles. The summed E-state index contributed by atoms with van der Waals surface area (Å²) >= 11 is 5.37. The van der Waals surface area contributed by atoms with Gasteiger partial charge in [0.25, 0.3) is 0 Å². The molecule has 2 nitrogen and oxygen atoms in total. The van der Waals surface area contributed by atoms with Crippen molar-refractivity contribution in [1.82, 2.24) is 4.90 Å². The molecule has 1 unspecified atom stereocenters. The Labute approximate surface area is 72.5 Å². The van der Waals surface area contributed by atoms with Crippen LogP contribution in [0.2, 0.25) is 0 Å². The third-order valence-electron chi connectivity index (χ3n) is 2.12. The molecule has 0 spiro atoms. The van der Waals surface area contributed by atoms with Crippen molar-refractivity contribution in [3.05, 3.63) is 0 Å². The maximum absolute atomic E-state index is 10.8. The zero-order valence-corrected chi connectivity index (χ0v) is 7.77. The van der Waals surface area contributed by atoms with E-state index in [1.165, 1.54) is 6.42 Å². The summed E-state index contributed by atoms with van der Waals surface area (Å²) in [5.74, 6) is 1.20. The number of nitrogens with zero attached hydrogens (tertiary/aromatic N) is 1. The fourth-order valence-electron chi connectivity index (χ4n) is 1.81. The van der Waals surface area contributed by atoms with Crippen molar-refractivity contribution < 1.29 is 4.79 Å². The SMILES string of the molecule is CC1C[C@H](C)CN(C(=O)Cl)C1. The van der Waals surface area contributed by atoms with E-state index in [0.717, 1.165) is 13.1 Å². The fourth-order valence-corrected chi connectivity index (χ4v) is 1.94. The van der Waals surface area contributed by atoms with E-state index in [4.69, 9.17) is 11.6 Å². The van der Waals surface area contributed by atoms with Gasteiger partial charge in [0, 0.05) is 13.1 Å². The van der Waals surface area contributed by atoms with Gasteiger partial charge in [-0.05, 0) is 29.9 Å². The Morgan fingerprint density at radius 1 is 1.36 bits per heavy atom. The summed E-state index contributed by atoms with van der Waals surface area (Å²) in [5, 5.41) is -0.302. The van der Waals surface area contributed by atoms with Crippen molar-refractivity contribution in [3.8, 4) is 0 Å². The van der Waals surface area contributed by atoms with Crippen LogP contribution in [-0.2, 0) is 0 Å². The first-order valence-electron chi connectivity index (χ1n) is 4.04. The van der Waals surface area contributed by atoms with Crippen LogP contribution in [0.4, 0.5) is 4.79 Å². The normalized spacial score (nSPS) is 32.1. The van der Waals surface area contributed by atoms with Crippen LogP contribution in [0.25, 0.3) is 0 Å². The van der Waals surface area contributed by atoms with Crippen molar-refractivity contribution >= 4 is 17.0 Å². The Hall–Kier alpha value is -0.240. The molecule has 1 aliphatic rings. The molecule has 64 valence electrons. The Morgan fingerprint density at radius 2 is 1.82 bits per heavy atom. The second-order valence-electron chi connectivity index (χ2n) is 3.60. The first-order valence-corrected chi connectivity index (χ1v) is 4.41. The zero-order valence-electron chi connectivity index (χ0n) is 7.01. The van der Waals surface area contributed by atoms with Crippen molar-refractivity contribution in [3.63, 3.8) is 0 Å². The van der Waals surface area contributed by atoms with Crippen LogP contribution in [0, 0.1) is 11.8 Å². The van der Waals surface area contributed by atoms with Crippen LogP contribution < -0.4 is 0 Å². The molecule has 0 bridgehead atoms. The second-order valence-corrected chi connectivity index (χ2v) is 3.93. The van der Waals surface area contributed by atoms with Crippen LogP contribution in [0.15, 0.2) is 0 Å². The first kappa shape index (κ1) is 8.85. The minimum absolute atomic E-state index is 0.302. The molecule has 3 heteroatoms. The van der Waals surface area contributed by atoms with Gasteiger partial charge in [-0.1, -0.05) is 13.8 Å². The van der Waals surface area contributed by atoms with Gasteiger partial charge < -0.3 is 4.90 Å². The molecule has 0 aromatic heterocycles. The Bertz CT molecular complexity index is 150. The third kappa shape index (κ3) is 2.37. The average molecular weight is 176 g/mol. The van der Waals surface area contributed by atoms with E-state index in [-0.39, 0.29) is 5.37 Å². The molecular formula is C8H14ClNO. The fraction of sp³-hybridized carbons (Fsp3) is 0.875. The number of hydrogen-bond acceptors (Lipinski definition) is 1. The number of rotatable bonds is 0. The van der Waals surface area contributed by atoms with Crippen LogP contribution >= 0.6 is 11.6 Å². The van der Waals surface area contributed by atoms with Gasteiger partial charge in [-0.2, -0.15) is 0 Å². The minimum Gasteiger partial charge on any atom is -0.329 e. The zero-order chi connectivity index (χ0) is 8.43. The molecule has 1 saturated heterocycles. The summed E-state index contributed by atoms with van der Waals surface area (Å²) in [4.78, 5) is 12.5. The van der Waals surface area contributed by atoms with Crippen LogP contribution in [0.5, 0.6) is 0 Å². The molecule has 0 N–H and O–H groups in total. The van der Waals surface area contributed by atoms with E-state index in [9.17, 15) is 4.79 Å². The van der Waals surface area contributed by atoms with Gasteiger partial charge in [0.2, 0.25) is 0 Å². The summed E-state index contributed by atoms with van der Waals surface area (Å²) in [5.41, 5.74) is 0. The molecule has 1 fully saturated rings. The monoisotopic (exact) mass is 175 g/mol. The minimum atomic E-state index is -0.302. The summed E-state index contributed by atoms with van der Waals surface area (Å²) in [7, 11) is 0. The lowest BCUT2D eigenvalue weighted by Gasteiger charge is -2.33. The number of hydrogen-bond donors (Lipinski definition) is 0. The highest BCUT2D eigenvalue weighted by atomic mass is 35.5. The van der Waals surface area contributed by atoms with E-state index in [2.05, 4.69) is 13.8 Å². The summed E-state index contributed by atoms with van der Waals surface area (Å²) in [6.45, 7) is 5.96. The molecule has 0 aliphatic carbocycles. The molecule has 1 heterocycles. The molecule has 2 atom stereocenters. The molecule has 11 heavy (non-hydrogen) atoms.